The molecule has 7 heteroatoms. The molecule has 2 aliphatic rings. The molecular formula is C21H20N2O4S. The quantitative estimate of drug-likeness (QED) is 0.622. The monoisotopic (exact) mass is 396 g/mol. The molecule has 1 aliphatic carbocycles. The molecule has 2 heterocycles. The van der Waals surface area contributed by atoms with Crippen LogP contribution in [0.2, 0.25) is 0 Å². The third kappa shape index (κ3) is 3.71. The number of nitrogens with one attached hydrogen (secondary N) is 1. The number of esters is 1. The molecule has 0 spiro atoms. The van der Waals surface area contributed by atoms with Gasteiger partial charge in [-0.2, -0.15) is 0 Å². The Morgan fingerprint density at radius 2 is 1.96 bits per heavy atom. The van der Waals surface area contributed by atoms with E-state index in [1.165, 1.54) is 5.01 Å². The number of thiophene rings is 1. The lowest BCUT2D eigenvalue weighted by atomic mass is 9.80. The van der Waals surface area contributed by atoms with Gasteiger partial charge in [-0.1, -0.05) is 24.3 Å². The molecule has 2 amide bonds. The fraction of sp³-hybridized carbons (Fsp3) is 0.286. The summed E-state index contributed by atoms with van der Waals surface area (Å²) in [6.45, 7) is 0.291. The van der Waals surface area contributed by atoms with Gasteiger partial charge in [-0.3, -0.25) is 15.0 Å². The minimum Gasteiger partial charge on any atom is -0.462 e. The van der Waals surface area contributed by atoms with Gasteiger partial charge in [0.25, 0.3) is 0 Å². The first kappa shape index (κ1) is 18.4. The molecule has 1 N–H and O–H groups in total. The maximum Gasteiger partial charge on any atom is 0.338 e. The first-order chi connectivity index (χ1) is 13.6. The van der Waals surface area contributed by atoms with Crippen molar-refractivity contribution in [1.82, 2.24) is 5.43 Å². The number of rotatable bonds is 5. The molecule has 6 nitrogen and oxygen atoms in total. The van der Waals surface area contributed by atoms with Crippen LogP contribution < -0.4 is 10.4 Å². The van der Waals surface area contributed by atoms with Crippen molar-refractivity contribution in [2.75, 3.05) is 11.6 Å². The molecule has 0 unspecified atom stereocenters. The molecule has 28 heavy (non-hydrogen) atoms. The van der Waals surface area contributed by atoms with Crippen LogP contribution in [0.25, 0.3) is 0 Å². The zero-order valence-electron chi connectivity index (χ0n) is 15.2. The van der Waals surface area contributed by atoms with Crippen molar-refractivity contribution in [2.24, 2.45) is 11.8 Å². The summed E-state index contributed by atoms with van der Waals surface area (Å²) in [5.74, 6) is -1.46. The Morgan fingerprint density at radius 3 is 2.75 bits per heavy atom. The average molecular weight is 396 g/mol. The van der Waals surface area contributed by atoms with Crippen molar-refractivity contribution in [3.63, 3.8) is 0 Å². The normalized spacial score (nSPS) is 21.2. The number of benzene rings is 1. The summed E-state index contributed by atoms with van der Waals surface area (Å²) >= 11 is 1.62. The molecule has 0 radical (unpaired) electrons. The number of ether oxygens (including phenoxy) is 1. The van der Waals surface area contributed by atoms with Crippen molar-refractivity contribution in [1.29, 1.82) is 0 Å². The summed E-state index contributed by atoms with van der Waals surface area (Å²) in [4.78, 5) is 38.8. The lowest BCUT2D eigenvalue weighted by Gasteiger charge is -2.38. The van der Waals surface area contributed by atoms with Crippen LogP contribution in [-0.2, 0) is 20.7 Å². The second-order valence-electron chi connectivity index (χ2n) is 6.82. The van der Waals surface area contributed by atoms with Gasteiger partial charge in [0.2, 0.25) is 11.8 Å². The van der Waals surface area contributed by atoms with E-state index in [2.05, 4.69) is 5.43 Å². The number of allylic oxidation sites excluding steroid dienone is 2. The van der Waals surface area contributed by atoms with Crippen LogP contribution in [-0.4, -0.2) is 24.4 Å². The Kier molecular flexibility index (Phi) is 5.25. The highest BCUT2D eigenvalue weighted by Gasteiger charge is 2.42. The van der Waals surface area contributed by atoms with E-state index in [9.17, 15) is 14.4 Å². The Hall–Kier alpha value is -2.93. The SMILES string of the molecule is O=C(OCCc1cccs1)c1cccc(N2NC(=O)[C@H]3CC=CC[C@H]3C2=O)c1. The van der Waals surface area contributed by atoms with Crippen molar-refractivity contribution >= 4 is 34.8 Å². The standard InChI is InChI=1S/C21H20N2O4S/c24-19-17-8-1-2-9-18(17)20(25)23(22-19)15-6-3-5-14(13-15)21(26)27-11-10-16-7-4-12-28-16/h1-7,12-13,17-18H,8-11H2,(H,22,24)/t17-,18+/m0/s1. The molecule has 0 bridgehead atoms. The summed E-state index contributed by atoms with van der Waals surface area (Å²) in [6.07, 6.45) is 5.68. The number of hydrogen-bond acceptors (Lipinski definition) is 5. The summed E-state index contributed by atoms with van der Waals surface area (Å²) in [7, 11) is 0. The zero-order chi connectivity index (χ0) is 19.5. The van der Waals surface area contributed by atoms with Crippen LogP contribution in [0.4, 0.5) is 5.69 Å². The minimum absolute atomic E-state index is 0.155. The Morgan fingerprint density at radius 1 is 1.14 bits per heavy atom. The minimum atomic E-state index is -0.451. The number of hydrogen-bond donors (Lipinski definition) is 1. The van der Waals surface area contributed by atoms with E-state index in [0.29, 0.717) is 37.1 Å². The van der Waals surface area contributed by atoms with Crippen LogP contribution in [0.3, 0.4) is 0 Å². The van der Waals surface area contributed by atoms with E-state index < -0.39 is 5.97 Å². The molecule has 2 aromatic rings. The fourth-order valence-corrected chi connectivity index (χ4v) is 4.23. The van der Waals surface area contributed by atoms with Gasteiger partial charge < -0.3 is 4.74 Å². The molecule has 1 aromatic carbocycles. The van der Waals surface area contributed by atoms with Crippen LogP contribution in [0.15, 0.2) is 53.9 Å². The summed E-state index contributed by atoms with van der Waals surface area (Å²) < 4.78 is 5.35. The number of anilines is 1. The second-order valence-corrected chi connectivity index (χ2v) is 7.85. The number of nitrogens with zero attached hydrogens (tertiary/aromatic N) is 1. The van der Waals surface area contributed by atoms with Gasteiger partial charge in [0.1, 0.15) is 0 Å². The van der Waals surface area contributed by atoms with Gasteiger partial charge in [-0.15, -0.1) is 11.3 Å². The van der Waals surface area contributed by atoms with E-state index in [1.54, 1.807) is 35.6 Å². The van der Waals surface area contributed by atoms with Gasteiger partial charge in [0.05, 0.1) is 29.7 Å². The molecule has 1 aromatic heterocycles. The van der Waals surface area contributed by atoms with Crippen LogP contribution in [0.1, 0.15) is 28.1 Å². The highest BCUT2D eigenvalue weighted by molar-refractivity contribution is 7.09. The van der Waals surface area contributed by atoms with Crippen LogP contribution in [0.5, 0.6) is 0 Å². The Bertz CT molecular complexity index is 922. The lowest BCUT2D eigenvalue weighted by Crippen LogP contribution is -2.59. The van der Waals surface area contributed by atoms with Gasteiger partial charge in [-0.05, 0) is 42.5 Å². The number of carbonyl (C=O) groups excluding carboxylic acids is 3. The Balaban J connectivity index is 1.45. The van der Waals surface area contributed by atoms with Crippen molar-refractivity contribution < 1.29 is 19.1 Å². The smallest absolute Gasteiger partial charge is 0.338 e. The molecule has 144 valence electrons. The number of carbonyl (C=O) groups is 3. The van der Waals surface area contributed by atoms with E-state index in [4.69, 9.17) is 4.74 Å². The van der Waals surface area contributed by atoms with E-state index in [0.717, 1.165) is 4.88 Å². The predicted octanol–water partition coefficient (Wildman–Crippen LogP) is 3.11. The van der Waals surface area contributed by atoms with Crippen molar-refractivity contribution in [2.45, 2.75) is 19.3 Å². The average Bonchev–Trinajstić information content (AvgIpc) is 3.24. The Labute approximate surface area is 166 Å². The summed E-state index contributed by atoms with van der Waals surface area (Å²) in [5.41, 5.74) is 3.47. The van der Waals surface area contributed by atoms with Gasteiger partial charge in [0, 0.05) is 11.3 Å². The third-order valence-corrected chi connectivity index (χ3v) is 5.97. The largest absolute Gasteiger partial charge is 0.462 e. The molecule has 1 saturated heterocycles. The topological polar surface area (TPSA) is 75.7 Å². The fourth-order valence-electron chi connectivity index (χ4n) is 3.54. The van der Waals surface area contributed by atoms with E-state index >= 15 is 0 Å². The highest BCUT2D eigenvalue weighted by Crippen LogP contribution is 2.32. The van der Waals surface area contributed by atoms with Crippen molar-refractivity contribution in [3.05, 3.63) is 64.4 Å². The first-order valence-electron chi connectivity index (χ1n) is 9.22. The van der Waals surface area contributed by atoms with Gasteiger partial charge in [0.15, 0.2) is 0 Å². The number of fused-ring (bicyclic) bond motifs is 1. The predicted molar refractivity (Wildman–Crippen MR) is 106 cm³/mol. The molecular weight excluding hydrogens is 376 g/mol. The maximum absolute atomic E-state index is 12.9. The molecule has 1 fully saturated rings. The second kappa shape index (κ2) is 7.98. The zero-order valence-corrected chi connectivity index (χ0v) is 16.0. The summed E-state index contributed by atoms with van der Waals surface area (Å²) in [5, 5.41) is 3.24. The van der Waals surface area contributed by atoms with E-state index in [-0.39, 0.29) is 23.7 Å². The highest BCUT2D eigenvalue weighted by atomic mass is 32.1. The van der Waals surface area contributed by atoms with Gasteiger partial charge >= 0.3 is 5.97 Å². The van der Waals surface area contributed by atoms with Crippen molar-refractivity contribution in [3.8, 4) is 0 Å². The molecule has 1 aliphatic heterocycles. The maximum atomic E-state index is 12.9. The van der Waals surface area contributed by atoms with Crippen LogP contribution in [0, 0.1) is 11.8 Å². The number of amides is 2. The molecule has 2 atom stereocenters. The third-order valence-electron chi connectivity index (χ3n) is 5.03. The van der Waals surface area contributed by atoms with Gasteiger partial charge in [-0.25, -0.2) is 9.80 Å². The first-order valence-corrected chi connectivity index (χ1v) is 10.1. The van der Waals surface area contributed by atoms with E-state index in [1.807, 2.05) is 29.7 Å². The summed E-state index contributed by atoms with van der Waals surface area (Å²) in [6, 6.07) is 10.5. The molecule has 0 saturated carbocycles. The molecule has 4 rings (SSSR count). The number of hydrazine groups is 1. The van der Waals surface area contributed by atoms with Crippen LogP contribution >= 0.6 is 11.3 Å². The lowest BCUT2D eigenvalue weighted by molar-refractivity contribution is -0.139.